The molecular weight excluding hydrogens is 230 g/mol. The summed E-state index contributed by atoms with van der Waals surface area (Å²) in [6.45, 7) is 2.37. The second-order valence-electron chi connectivity index (χ2n) is 4.88. The highest BCUT2D eigenvalue weighted by atomic mass is 32.2. The molecule has 0 saturated heterocycles. The van der Waals surface area contributed by atoms with Gasteiger partial charge in [0.05, 0.1) is 11.4 Å². The van der Waals surface area contributed by atoms with Crippen LogP contribution >= 0.6 is 11.8 Å². The molecule has 94 valence electrons. The monoisotopic (exact) mass is 251 g/mol. The first kappa shape index (κ1) is 12.7. The number of thioether (sulfide) groups is 1. The van der Waals surface area contributed by atoms with E-state index >= 15 is 0 Å². The smallest absolute Gasteiger partial charge is 0.0523 e. The Morgan fingerprint density at radius 2 is 2.41 bits per heavy atom. The van der Waals surface area contributed by atoms with Gasteiger partial charge < -0.3 is 5.43 Å². The number of hydrogen-bond donors (Lipinski definition) is 2. The van der Waals surface area contributed by atoms with Crippen molar-refractivity contribution in [3.8, 4) is 0 Å². The van der Waals surface area contributed by atoms with Crippen LogP contribution in [0.3, 0.4) is 0 Å². The van der Waals surface area contributed by atoms with Crippen LogP contribution in [0.1, 0.15) is 38.3 Å². The minimum atomic E-state index is 0.815. The largest absolute Gasteiger partial charge is 0.324 e. The number of pyridine rings is 1. The van der Waals surface area contributed by atoms with Gasteiger partial charge >= 0.3 is 0 Å². The fraction of sp³-hybridized carbons (Fsp3) is 0.615. The molecule has 1 aliphatic carbocycles. The minimum absolute atomic E-state index is 0.815. The molecule has 1 aliphatic rings. The zero-order valence-electron chi connectivity index (χ0n) is 10.4. The molecule has 0 amide bonds. The highest BCUT2D eigenvalue weighted by Gasteiger charge is 2.19. The lowest BCUT2D eigenvalue weighted by molar-refractivity contribution is 0.394. The van der Waals surface area contributed by atoms with Crippen molar-refractivity contribution in [2.24, 2.45) is 11.8 Å². The van der Waals surface area contributed by atoms with Gasteiger partial charge in [-0.25, -0.2) is 0 Å². The van der Waals surface area contributed by atoms with Gasteiger partial charge in [-0.05, 0) is 30.9 Å². The number of anilines is 1. The summed E-state index contributed by atoms with van der Waals surface area (Å²) in [5.41, 5.74) is 4.72. The fourth-order valence-corrected chi connectivity index (χ4v) is 3.74. The summed E-state index contributed by atoms with van der Waals surface area (Å²) in [6.07, 6.45) is 7.33. The van der Waals surface area contributed by atoms with Gasteiger partial charge in [0.25, 0.3) is 0 Å². The number of aromatic nitrogens is 1. The van der Waals surface area contributed by atoms with E-state index < -0.39 is 0 Å². The molecule has 1 heterocycles. The van der Waals surface area contributed by atoms with Gasteiger partial charge in [-0.3, -0.25) is 10.8 Å². The summed E-state index contributed by atoms with van der Waals surface area (Å²) in [4.78, 5) is 4.37. The van der Waals surface area contributed by atoms with E-state index in [-0.39, 0.29) is 0 Å². The predicted octanol–water partition coefficient (Wildman–Crippen LogP) is 3.18. The lowest BCUT2D eigenvalue weighted by atomic mass is 9.91. The maximum atomic E-state index is 5.39. The minimum Gasteiger partial charge on any atom is -0.324 e. The SMILES string of the molecule is CC1CCCC(SCc2cc(NN)ccn2)C1. The first-order valence-corrected chi connectivity index (χ1v) is 7.36. The van der Waals surface area contributed by atoms with E-state index in [1.54, 1.807) is 0 Å². The molecule has 2 atom stereocenters. The Morgan fingerprint density at radius 1 is 1.53 bits per heavy atom. The summed E-state index contributed by atoms with van der Waals surface area (Å²) in [5, 5.41) is 0.815. The van der Waals surface area contributed by atoms with Crippen LogP contribution in [0.2, 0.25) is 0 Å². The predicted molar refractivity (Wildman–Crippen MR) is 74.8 cm³/mol. The van der Waals surface area contributed by atoms with Crippen molar-refractivity contribution in [1.29, 1.82) is 0 Å². The lowest BCUT2D eigenvalue weighted by Gasteiger charge is -2.26. The van der Waals surface area contributed by atoms with Crippen LogP contribution in [0.5, 0.6) is 0 Å². The molecular formula is C13H21N3S. The molecule has 0 aliphatic heterocycles. The van der Waals surface area contributed by atoms with Crippen LogP contribution in [-0.4, -0.2) is 10.2 Å². The molecule has 0 spiro atoms. The number of hydrogen-bond acceptors (Lipinski definition) is 4. The molecule has 1 aromatic heterocycles. The Morgan fingerprint density at radius 3 is 3.18 bits per heavy atom. The van der Waals surface area contributed by atoms with E-state index in [1.165, 1.54) is 25.7 Å². The first-order valence-electron chi connectivity index (χ1n) is 6.31. The van der Waals surface area contributed by atoms with Crippen molar-refractivity contribution in [3.63, 3.8) is 0 Å². The Kier molecular flexibility index (Phi) is 4.68. The lowest BCUT2D eigenvalue weighted by Crippen LogP contribution is -2.15. The van der Waals surface area contributed by atoms with Crippen LogP contribution in [-0.2, 0) is 5.75 Å². The van der Waals surface area contributed by atoms with Gasteiger partial charge in [-0.15, -0.1) is 0 Å². The Labute approximate surface area is 108 Å². The summed E-state index contributed by atoms with van der Waals surface area (Å²) in [7, 11) is 0. The van der Waals surface area contributed by atoms with Gasteiger partial charge in [0.1, 0.15) is 0 Å². The van der Waals surface area contributed by atoms with E-state index in [9.17, 15) is 0 Å². The third-order valence-corrected chi connectivity index (χ3v) is 4.70. The van der Waals surface area contributed by atoms with E-state index in [4.69, 9.17) is 5.84 Å². The van der Waals surface area contributed by atoms with Crippen LogP contribution < -0.4 is 11.3 Å². The molecule has 0 radical (unpaired) electrons. The van der Waals surface area contributed by atoms with Crippen molar-refractivity contribution < 1.29 is 0 Å². The first-order chi connectivity index (χ1) is 8.28. The number of nitrogens with one attached hydrogen (secondary N) is 1. The quantitative estimate of drug-likeness (QED) is 0.637. The average molecular weight is 251 g/mol. The molecule has 2 unspecified atom stereocenters. The Balaban J connectivity index is 1.84. The third kappa shape index (κ3) is 3.89. The number of nitrogens with zero attached hydrogens (tertiary/aromatic N) is 1. The highest BCUT2D eigenvalue weighted by Crippen LogP contribution is 2.33. The summed E-state index contributed by atoms with van der Waals surface area (Å²) < 4.78 is 0. The number of rotatable bonds is 4. The van der Waals surface area contributed by atoms with Gasteiger partial charge in [-0.1, -0.05) is 19.8 Å². The van der Waals surface area contributed by atoms with Crippen LogP contribution in [0.25, 0.3) is 0 Å². The van der Waals surface area contributed by atoms with E-state index in [0.29, 0.717) is 0 Å². The molecule has 1 saturated carbocycles. The zero-order chi connectivity index (χ0) is 12.1. The number of hydrazine groups is 1. The van der Waals surface area contributed by atoms with Crippen LogP contribution in [0.15, 0.2) is 18.3 Å². The van der Waals surface area contributed by atoms with Crippen molar-refractivity contribution >= 4 is 17.4 Å². The number of nitrogen functional groups attached to an aromatic ring is 1. The second kappa shape index (κ2) is 6.26. The molecule has 17 heavy (non-hydrogen) atoms. The van der Waals surface area contributed by atoms with Crippen molar-refractivity contribution in [1.82, 2.24) is 4.98 Å². The molecule has 3 N–H and O–H groups in total. The molecule has 0 bridgehead atoms. The van der Waals surface area contributed by atoms with Crippen LogP contribution in [0.4, 0.5) is 5.69 Å². The molecule has 2 rings (SSSR count). The van der Waals surface area contributed by atoms with Gasteiger partial charge in [0.2, 0.25) is 0 Å². The summed E-state index contributed by atoms with van der Waals surface area (Å²) in [5.74, 6) is 7.28. The van der Waals surface area contributed by atoms with Gasteiger partial charge in [0.15, 0.2) is 0 Å². The summed E-state index contributed by atoms with van der Waals surface area (Å²) in [6, 6.07) is 3.91. The fourth-order valence-electron chi connectivity index (χ4n) is 2.38. The van der Waals surface area contributed by atoms with Crippen molar-refractivity contribution in [3.05, 3.63) is 24.0 Å². The Bertz CT molecular complexity index is 356. The number of nitrogens with two attached hydrogens (primary N) is 1. The zero-order valence-corrected chi connectivity index (χ0v) is 11.2. The highest BCUT2D eigenvalue weighted by molar-refractivity contribution is 7.99. The van der Waals surface area contributed by atoms with E-state index in [2.05, 4.69) is 17.3 Å². The molecule has 0 aromatic carbocycles. The Hall–Kier alpha value is -0.740. The second-order valence-corrected chi connectivity index (χ2v) is 6.17. The molecule has 3 nitrogen and oxygen atoms in total. The topological polar surface area (TPSA) is 50.9 Å². The van der Waals surface area contributed by atoms with Crippen molar-refractivity contribution in [2.75, 3.05) is 5.43 Å². The molecule has 1 fully saturated rings. The normalized spacial score (nSPS) is 24.6. The molecule has 1 aromatic rings. The van der Waals surface area contributed by atoms with Crippen molar-refractivity contribution in [2.45, 2.75) is 43.6 Å². The van der Waals surface area contributed by atoms with Crippen LogP contribution in [0, 0.1) is 5.92 Å². The average Bonchev–Trinajstić information content (AvgIpc) is 2.37. The standard InChI is InChI=1S/C13H21N3S/c1-10-3-2-4-13(7-10)17-9-12-8-11(16-14)5-6-15-12/h5-6,8,10,13H,2-4,7,9,14H2,1H3,(H,15,16). The van der Waals surface area contributed by atoms with E-state index in [0.717, 1.165) is 28.3 Å². The van der Waals surface area contributed by atoms with Gasteiger partial charge in [-0.2, -0.15) is 11.8 Å². The van der Waals surface area contributed by atoms with E-state index in [1.807, 2.05) is 30.1 Å². The van der Waals surface area contributed by atoms with Gasteiger partial charge in [0, 0.05) is 17.2 Å². The maximum Gasteiger partial charge on any atom is 0.0523 e. The third-order valence-electron chi connectivity index (χ3n) is 3.34. The maximum absolute atomic E-state index is 5.39. The molecule has 4 heteroatoms. The summed E-state index contributed by atoms with van der Waals surface area (Å²) >= 11 is 2.04.